The second-order valence-corrected chi connectivity index (χ2v) is 10.3. The fourth-order valence-electron chi connectivity index (χ4n) is 5.39. The van der Waals surface area contributed by atoms with E-state index in [-0.39, 0.29) is 11.3 Å². The second kappa shape index (κ2) is 13.3. The Morgan fingerprint density at radius 2 is 1.83 bits per heavy atom. The van der Waals surface area contributed by atoms with Crippen LogP contribution in [0, 0.1) is 0 Å². The van der Waals surface area contributed by atoms with Gasteiger partial charge in [-0.25, -0.2) is 0 Å². The van der Waals surface area contributed by atoms with Crippen molar-refractivity contribution in [1.29, 1.82) is 0 Å². The number of benzene rings is 2. The van der Waals surface area contributed by atoms with Gasteiger partial charge in [0.1, 0.15) is 0 Å². The van der Waals surface area contributed by atoms with Crippen LogP contribution in [-0.4, -0.2) is 86.3 Å². The smallest absolute Gasteiger partial charge is 0.290 e. The normalized spacial score (nSPS) is 17.7. The quantitative estimate of drug-likeness (QED) is 0.223. The standard InChI is InChI=1S/C32H38N2O8/c1-4-6-16-41-23-11-10-21(19-25(23)40-5-2)28-27(29(35)26-20-22-8-7-9-24(38-3)31(22)42-26)30(36)32(37)34(28)13-12-33-14-17-39-18-15-33/h7-11,19-20,28,36H,4-6,12-18H2,1-3H3. The van der Waals surface area contributed by atoms with Crippen LogP contribution < -0.4 is 14.2 Å². The molecule has 2 aliphatic rings. The number of hydrogen-bond acceptors (Lipinski definition) is 9. The first-order valence-corrected chi connectivity index (χ1v) is 14.5. The highest BCUT2D eigenvalue weighted by molar-refractivity contribution is 6.16. The molecule has 0 saturated carbocycles. The fraction of sp³-hybridized carbons (Fsp3) is 0.438. The van der Waals surface area contributed by atoms with Gasteiger partial charge in [0, 0.05) is 31.6 Å². The number of morpholine rings is 1. The topological polar surface area (TPSA) is 111 Å². The van der Waals surface area contributed by atoms with E-state index >= 15 is 0 Å². The molecule has 2 aromatic carbocycles. The highest BCUT2D eigenvalue weighted by atomic mass is 16.5. The Morgan fingerprint density at radius 1 is 1.02 bits per heavy atom. The molecule has 1 aromatic heterocycles. The molecule has 1 N–H and O–H groups in total. The molecule has 3 heterocycles. The predicted octanol–water partition coefficient (Wildman–Crippen LogP) is 4.93. The van der Waals surface area contributed by atoms with E-state index < -0.39 is 23.5 Å². The Kier molecular flexibility index (Phi) is 9.34. The van der Waals surface area contributed by atoms with Gasteiger partial charge in [-0.1, -0.05) is 31.5 Å². The van der Waals surface area contributed by atoms with Crippen LogP contribution in [0.4, 0.5) is 0 Å². The minimum absolute atomic E-state index is 0.00781. The number of nitrogens with zero attached hydrogens (tertiary/aromatic N) is 2. The average molecular weight is 579 g/mol. The number of Topliss-reactive ketones (excluding diaryl/α,β-unsaturated/α-hetero) is 1. The summed E-state index contributed by atoms with van der Waals surface area (Å²) in [5.74, 6) is -0.169. The van der Waals surface area contributed by atoms with Gasteiger partial charge in [-0.15, -0.1) is 0 Å². The molecule has 0 radical (unpaired) electrons. The Labute approximate surface area is 245 Å². The molecule has 0 aliphatic carbocycles. The number of ether oxygens (including phenoxy) is 4. The van der Waals surface area contributed by atoms with Crippen molar-refractivity contribution < 1.29 is 38.1 Å². The third-order valence-electron chi connectivity index (χ3n) is 7.60. The van der Waals surface area contributed by atoms with Crippen molar-refractivity contribution in [1.82, 2.24) is 9.80 Å². The highest BCUT2D eigenvalue weighted by Crippen LogP contribution is 2.42. The van der Waals surface area contributed by atoms with Crippen LogP contribution in [0.15, 0.2) is 58.2 Å². The van der Waals surface area contributed by atoms with Gasteiger partial charge < -0.3 is 33.4 Å². The Balaban J connectivity index is 1.53. The maximum absolute atomic E-state index is 14.0. The number of para-hydroxylation sites is 1. The number of hydrogen-bond donors (Lipinski definition) is 1. The van der Waals surface area contributed by atoms with Crippen LogP contribution in [0.3, 0.4) is 0 Å². The maximum Gasteiger partial charge on any atom is 0.290 e. The predicted molar refractivity (Wildman–Crippen MR) is 156 cm³/mol. The van der Waals surface area contributed by atoms with Crippen molar-refractivity contribution in [2.75, 3.05) is 59.7 Å². The van der Waals surface area contributed by atoms with Gasteiger partial charge in [-0.2, -0.15) is 0 Å². The van der Waals surface area contributed by atoms with Crippen molar-refractivity contribution in [2.45, 2.75) is 32.7 Å². The van der Waals surface area contributed by atoms with Gasteiger partial charge in [0.05, 0.1) is 45.2 Å². The van der Waals surface area contributed by atoms with Crippen molar-refractivity contribution in [2.24, 2.45) is 0 Å². The van der Waals surface area contributed by atoms with Gasteiger partial charge in [0.25, 0.3) is 5.91 Å². The second-order valence-electron chi connectivity index (χ2n) is 10.3. The number of unbranched alkanes of at least 4 members (excludes halogenated alkanes) is 1. The lowest BCUT2D eigenvalue weighted by molar-refractivity contribution is -0.129. The van der Waals surface area contributed by atoms with Crippen LogP contribution in [-0.2, 0) is 9.53 Å². The van der Waals surface area contributed by atoms with Crippen molar-refractivity contribution in [3.63, 3.8) is 0 Å². The zero-order valence-corrected chi connectivity index (χ0v) is 24.4. The van der Waals surface area contributed by atoms with Gasteiger partial charge >= 0.3 is 0 Å². The third-order valence-corrected chi connectivity index (χ3v) is 7.60. The number of carbonyl (C=O) groups is 2. The summed E-state index contributed by atoms with van der Waals surface area (Å²) in [6.07, 6.45) is 1.89. The lowest BCUT2D eigenvalue weighted by atomic mass is 9.94. The fourth-order valence-corrected chi connectivity index (χ4v) is 5.39. The van der Waals surface area contributed by atoms with Gasteiger partial charge in [-0.3, -0.25) is 14.5 Å². The lowest BCUT2D eigenvalue weighted by Crippen LogP contribution is -2.43. The zero-order valence-electron chi connectivity index (χ0n) is 24.4. The first kappa shape index (κ1) is 29.5. The summed E-state index contributed by atoms with van der Waals surface area (Å²) in [6, 6.07) is 11.5. The minimum atomic E-state index is -0.856. The number of aliphatic hydroxyl groups is 1. The molecule has 1 atom stereocenters. The van der Waals surface area contributed by atoms with Crippen molar-refractivity contribution in [3.8, 4) is 17.2 Å². The maximum atomic E-state index is 14.0. The molecule has 0 spiro atoms. The molecular weight excluding hydrogens is 540 g/mol. The molecule has 42 heavy (non-hydrogen) atoms. The Bertz CT molecular complexity index is 1460. The Hall–Kier alpha value is -4.02. The van der Waals surface area contributed by atoms with Gasteiger partial charge in [0.2, 0.25) is 5.78 Å². The van der Waals surface area contributed by atoms with Gasteiger partial charge in [0.15, 0.2) is 34.4 Å². The monoisotopic (exact) mass is 578 g/mol. The molecule has 3 aromatic rings. The van der Waals surface area contributed by atoms with E-state index in [2.05, 4.69) is 11.8 Å². The number of rotatable bonds is 13. The molecule has 1 amide bonds. The molecule has 10 heteroatoms. The van der Waals surface area contributed by atoms with E-state index in [0.29, 0.717) is 73.3 Å². The number of carbonyl (C=O) groups excluding carboxylic acids is 2. The molecule has 224 valence electrons. The van der Waals surface area contributed by atoms with Crippen LogP contribution >= 0.6 is 0 Å². The van der Waals surface area contributed by atoms with Crippen molar-refractivity contribution >= 4 is 22.7 Å². The van der Waals surface area contributed by atoms with Gasteiger partial charge in [-0.05, 0) is 43.2 Å². The first-order valence-electron chi connectivity index (χ1n) is 14.5. The minimum Gasteiger partial charge on any atom is -0.503 e. The molecule has 5 rings (SSSR count). The summed E-state index contributed by atoms with van der Waals surface area (Å²) < 4.78 is 28.7. The van der Waals surface area contributed by atoms with Crippen LogP contribution in [0.2, 0.25) is 0 Å². The summed E-state index contributed by atoms with van der Waals surface area (Å²) in [5, 5.41) is 11.9. The summed E-state index contributed by atoms with van der Waals surface area (Å²) in [6.45, 7) is 8.54. The van der Waals surface area contributed by atoms with E-state index in [4.69, 9.17) is 23.4 Å². The van der Waals surface area contributed by atoms with E-state index in [1.165, 1.54) is 7.11 Å². The SMILES string of the molecule is CCCCOc1ccc(C2C(C(=O)c3cc4cccc(OC)c4o3)=C(O)C(=O)N2CCN2CCOCC2)cc1OCC. The summed E-state index contributed by atoms with van der Waals surface area (Å²) in [5.41, 5.74) is 1.00. The summed E-state index contributed by atoms with van der Waals surface area (Å²) in [7, 11) is 1.52. The number of fused-ring (bicyclic) bond motifs is 1. The lowest BCUT2D eigenvalue weighted by Gasteiger charge is -2.31. The average Bonchev–Trinajstić information content (AvgIpc) is 3.56. The molecule has 2 aliphatic heterocycles. The largest absolute Gasteiger partial charge is 0.503 e. The van der Waals surface area contributed by atoms with Crippen LogP contribution in [0.5, 0.6) is 17.2 Å². The molecule has 1 unspecified atom stereocenters. The van der Waals surface area contributed by atoms with Crippen LogP contribution in [0.1, 0.15) is 48.8 Å². The molecule has 1 saturated heterocycles. The van der Waals surface area contributed by atoms with E-state index in [0.717, 1.165) is 25.9 Å². The Morgan fingerprint density at radius 3 is 2.57 bits per heavy atom. The molecular formula is C32H38N2O8. The number of amides is 1. The molecule has 10 nitrogen and oxygen atoms in total. The number of aliphatic hydroxyl groups excluding tert-OH is 1. The van der Waals surface area contributed by atoms with E-state index in [9.17, 15) is 14.7 Å². The van der Waals surface area contributed by atoms with E-state index in [1.807, 2.05) is 19.1 Å². The molecule has 0 bridgehead atoms. The first-order chi connectivity index (χ1) is 20.5. The third kappa shape index (κ3) is 5.96. The van der Waals surface area contributed by atoms with Crippen molar-refractivity contribution in [3.05, 3.63) is 65.1 Å². The number of furan rings is 1. The number of ketones is 1. The summed E-state index contributed by atoms with van der Waals surface area (Å²) in [4.78, 5) is 31.3. The summed E-state index contributed by atoms with van der Waals surface area (Å²) >= 11 is 0. The molecule has 1 fully saturated rings. The number of methoxy groups -OCH3 is 1. The zero-order chi connectivity index (χ0) is 29.6. The van der Waals surface area contributed by atoms with E-state index in [1.54, 1.807) is 35.2 Å². The highest BCUT2D eigenvalue weighted by Gasteiger charge is 2.45. The van der Waals surface area contributed by atoms with Crippen LogP contribution in [0.25, 0.3) is 11.0 Å².